The van der Waals surface area contributed by atoms with E-state index in [-0.39, 0.29) is 0 Å². The minimum absolute atomic E-state index is 0.460. The summed E-state index contributed by atoms with van der Waals surface area (Å²) in [5, 5.41) is 4.27. The van der Waals surface area contributed by atoms with Crippen LogP contribution in [-0.2, 0) is 7.05 Å². The number of halogens is 1. The molecule has 1 rings (SSSR count). The fourth-order valence-corrected chi connectivity index (χ4v) is 1.24. The SMILES string of the molecule is CC(C)c1cc(OI)n(C)n1. The van der Waals surface area contributed by atoms with Gasteiger partial charge in [-0.3, -0.25) is 0 Å². The highest BCUT2D eigenvalue weighted by Crippen LogP contribution is 2.19. The normalized spacial score (nSPS) is 10.6. The Morgan fingerprint density at radius 2 is 2.27 bits per heavy atom. The van der Waals surface area contributed by atoms with Crippen molar-refractivity contribution in [3.05, 3.63) is 11.8 Å². The maximum Gasteiger partial charge on any atom is 0.223 e. The minimum Gasteiger partial charge on any atom is -0.409 e. The quantitative estimate of drug-likeness (QED) is 0.768. The monoisotopic (exact) mass is 266 g/mol. The molecule has 0 N–H and O–H groups in total. The molecule has 62 valence electrons. The molecule has 0 amide bonds. The molecule has 11 heavy (non-hydrogen) atoms. The van der Waals surface area contributed by atoms with E-state index in [9.17, 15) is 0 Å². The van der Waals surface area contributed by atoms with Crippen LogP contribution in [0.3, 0.4) is 0 Å². The molecule has 0 aliphatic rings. The number of aromatic nitrogens is 2. The van der Waals surface area contributed by atoms with E-state index in [0.717, 1.165) is 11.6 Å². The highest BCUT2D eigenvalue weighted by molar-refractivity contribution is 14.1. The maximum absolute atomic E-state index is 5.05. The third-order valence-electron chi connectivity index (χ3n) is 1.53. The van der Waals surface area contributed by atoms with Crippen LogP contribution in [0.5, 0.6) is 5.88 Å². The zero-order chi connectivity index (χ0) is 8.43. The van der Waals surface area contributed by atoms with Crippen LogP contribution in [0.1, 0.15) is 25.5 Å². The molecule has 0 aliphatic carbocycles. The first-order valence-corrected chi connectivity index (χ1v) is 4.35. The smallest absolute Gasteiger partial charge is 0.223 e. The average molecular weight is 266 g/mol. The summed E-state index contributed by atoms with van der Waals surface area (Å²) in [5.41, 5.74) is 1.07. The Morgan fingerprint density at radius 3 is 2.55 bits per heavy atom. The fourth-order valence-electron chi connectivity index (χ4n) is 0.826. The predicted molar refractivity (Wildman–Crippen MR) is 51.9 cm³/mol. The first-order valence-electron chi connectivity index (χ1n) is 3.47. The lowest BCUT2D eigenvalue weighted by atomic mass is 10.1. The van der Waals surface area contributed by atoms with Gasteiger partial charge in [-0.1, -0.05) is 13.8 Å². The molecule has 0 saturated carbocycles. The molecule has 4 heteroatoms. The van der Waals surface area contributed by atoms with Crippen LogP contribution in [0.4, 0.5) is 0 Å². The Labute approximate surface area is 80.4 Å². The molecule has 0 saturated heterocycles. The van der Waals surface area contributed by atoms with Gasteiger partial charge in [0.05, 0.1) is 5.69 Å². The topological polar surface area (TPSA) is 27.1 Å². The summed E-state index contributed by atoms with van der Waals surface area (Å²) in [6.45, 7) is 4.22. The second kappa shape index (κ2) is 3.42. The molecule has 0 aliphatic heterocycles. The number of nitrogens with zero attached hydrogens (tertiary/aromatic N) is 2. The number of rotatable bonds is 2. The Kier molecular flexibility index (Phi) is 2.75. The van der Waals surface area contributed by atoms with E-state index in [0.29, 0.717) is 5.92 Å². The van der Waals surface area contributed by atoms with Crippen molar-refractivity contribution in [2.24, 2.45) is 7.05 Å². The van der Waals surface area contributed by atoms with E-state index >= 15 is 0 Å². The van der Waals surface area contributed by atoms with Gasteiger partial charge in [0.1, 0.15) is 0 Å². The van der Waals surface area contributed by atoms with Crippen molar-refractivity contribution >= 4 is 23.0 Å². The molecule has 0 aromatic carbocycles. The van der Waals surface area contributed by atoms with Crippen molar-refractivity contribution in [2.75, 3.05) is 0 Å². The predicted octanol–water partition coefficient (Wildman–Crippen LogP) is 2.27. The van der Waals surface area contributed by atoms with E-state index in [1.54, 1.807) is 4.68 Å². The Morgan fingerprint density at radius 1 is 1.64 bits per heavy atom. The number of aryl methyl sites for hydroxylation is 1. The lowest BCUT2D eigenvalue weighted by Gasteiger charge is -1.95. The van der Waals surface area contributed by atoms with Crippen LogP contribution >= 0.6 is 23.0 Å². The summed E-state index contributed by atoms with van der Waals surface area (Å²) in [5.74, 6) is 1.26. The van der Waals surface area contributed by atoms with Crippen molar-refractivity contribution in [2.45, 2.75) is 19.8 Å². The molecule has 1 aromatic heterocycles. The maximum atomic E-state index is 5.05. The zero-order valence-corrected chi connectivity index (χ0v) is 8.99. The van der Waals surface area contributed by atoms with Crippen LogP contribution in [0.25, 0.3) is 0 Å². The lowest BCUT2D eigenvalue weighted by molar-refractivity contribution is 0.588. The van der Waals surface area contributed by atoms with Gasteiger partial charge in [0, 0.05) is 13.1 Å². The van der Waals surface area contributed by atoms with E-state index in [1.807, 2.05) is 36.1 Å². The summed E-state index contributed by atoms with van der Waals surface area (Å²) >= 11 is 1.85. The number of hydrogen-bond donors (Lipinski definition) is 0. The van der Waals surface area contributed by atoms with Crippen molar-refractivity contribution < 1.29 is 3.07 Å². The van der Waals surface area contributed by atoms with Crippen molar-refractivity contribution in [1.82, 2.24) is 9.78 Å². The van der Waals surface area contributed by atoms with Gasteiger partial charge < -0.3 is 3.07 Å². The van der Waals surface area contributed by atoms with Gasteiger partial charge in [0.2, 0.25) is 5.88 Å². The molecule has 0 atom stereocenters. The van der Waals surface area contributed by atoms with Gasteiger partial charge in [-0.2, -0.15) is 5.10 Å². The van der Waals surface area contributed by atoms with Crippen molar-refractivity contribution in [3.63, 3.8) is 0 Å². The van der Waals surface area contributed by atoms with Crippen LogP contribution in [0.2, 0.25) is 0 Å². The van der Waals surface area contributed by atoms with E-state index in [1.165, 1.54) is 0 Å². The van der Waals surface area contributed by atoms with Crippen LogP contribution in [-0.4, -0.2) is 9.78 Å². The molecule has 1 aromatic rings. The summed E-state index contributed by atoms with van der Waals surface area (Å²) in [7, 11) is 1.87. The Hall–Kier alpha value is -0.260. The molecule has 1 heterocycles. The molecule has 3 nitrogen and oxygen atoms in total. The number of hydrogen-bond acceptors (Lipinski definition) is 2. The average Bonchev–Trinajstić information content (AvgIpc) is 2.31. The first kappa shape index (κ1) is 8.83. The van der Waals surface area contributed by atoms with E-state index < -0.39 is 0 Å². The van der Waals surface area contributed by atoms with Crippen LogP contribution in [0.15, 0.2) is 6.07 Å². The zero-order valence-electron chi connectivity index (χ0n) is 6.84. The standard InChI is InChI=1S/C7H11IN2O/c1-5(2)6-4-7(11-8)10(3)9-6/h4-5H,1-3H3. The molecular weight excluding hydrogens is 255 g/mol. The minimum atomic E-state index is 0.460. The van der Waals surface area contributed by atoms with Crippen molar-refractivity contribution in [3.8, 4) is 5.88 Å². The van der Waals surface area contributed by atoms with Gasteiger partial charge in [-0.15, -0.1) is 0 Å². The second-order valence-corrected chi connectivity index (χ2v) is 3.20. The first-order chi connectivity index (χ1) is 5.15. The third kappa shape index (κ3) is 1.85. The van der Waals surface area contributed by atoms with E-state index in [4.69, 9.17) is 3.07 Å². The summed E-state index contributed by atoms with van der Waals surface area (Å²) < 4.78 is 6.78. The Balaban J connectivity index is 2.95. The van der Waals surface area contributed by atoms with Gasteiger partial charge in [-0.25, -0.2) is 4.68 Å². The second-order valence-electron chi connectivity index (χ2n) is 2.76. The molecule has 0 radical (unpaired) electrons. The van der Waals surface area contributed by atoms with Gasteiger partial charge >= 0.3 is 0 Å². The summed E-state index contributed by atoms with van der Waals surface area (Å²) in [6, 6.07) is 1.96. The highest BCUT2D eigenvalue weighted by Gasteiger charge is 2.07. The molecular formula is C7H11IN2O. The highest BCUT2D eigenvalue weighted by atomic mass is 127. The summed E-state index contributed by atoms with van der Waals surface area (Å²) in [6.07, 6.45) is 0. The molecule has 0 unspecified atom stereocenters. The third-order valence-corrected chi connectivity index (χ3v) is 1.98. The van der Waals surface area contributed by atoms with Gasteiger partial charge in [0.15, 0.2) is 23.0 Å². The van der Waals surface area contributed by atoms with E-state index in [2.05, 4.69) is 18.9 Å². The summed E-state index contributed by atoms with van der Waals surface area (Å²) in [4.78, 5) is 0. The lowest BCUT2D eigenvalue weighted by Crippen LogP contribution is -1.94. The largest absolute Gasteiger partial charge is 0.409 e. The molecule has 0 spiro atoms. The van der Waals surface area contributed by atoms with Gasteiger partial charge in [-0.05, 0) is 5.92 Å². The van der Waals surface area contributed by atoms with Crippen molar-refractivity contribution in [1.29, 1.82) is 0 Å². The van der Waals surface area contributed by atoms with Gasteiger partial charge in [0.25, 0.3) is 0 Å². The van der Waals surface area contributed by atoms with Crippen LogP contribution in [0, 0.1) is 0 Å². The van der Waals surface area contributed by atoms with Crippen LogP contribution < -0.4 is 3.07 Å². The fraction of sp³-hybridized carbons (Fsp3) is 0.571. The Bertz CT molecular complexity index is 245. The molecule has 0 fully saturated rings. The molecule has 0 bridgehead atoms.